The van der Waals surface area contributed by atoms with Crippen molar-refractivity contribution in [2.24, 2.45) is 5.73 Å². The second-order valence-electron chi connectivity index (χ2n) is 4.45. The molecule has 2 rings (SSSR count). The van der Waals surface area contributed by atoms with Crippen LogP contribution in [0.25, 0.3) is 0 Å². The van der Waals surface area contributed by atoms with E-state index in [0.717, 1.165) is 10.8 Å². The van der Waals surface area contributed by atoms with Crippen molar-refractivity contribution in [2.45, 2.75) is 24.5 Å². The Balaban J connectivity index is 2.50. The number of nitrogens with zero attached hydrogens (tertiary/aromatic N) is 2. The summed E-state index contributed by atoms with van der Waals surface area (Å²) in [5.41, 5.74) is 3.75. The SMILES string of the molecule is COc1nc(=O)c(C(N)=O)cn1[C@H]1O[C@@H](CO)[C@H](O)[C@@H]1O. The normalized spacial score (nSPS) is 28.6. The van der Waals surface area contributed by atoms with Crippen LogP contribution in [0.3, 0.4) is 0 Å². The molecule has 2 heterocycles. The zero-order valence-electron chi connectivity index (χ0n) is 11.0. The fourth-order valence-corrected chi connectivity index (χ4v) is 2.07. The molecule has 1 aliphatic heterocycles. The van der Waals surface area contributed by atoms with E-state index in [-0.39, 0.29) is 6.01 Å². The summed E-state index contributed by atoms with van der Waals surface area (Å²) in [5, 5.41) is 28.7. The molecule has 21 heavy (non-hydrogen) atoms. The van der Waals surface area contributed by atoms with Crippen LogP contribution in [0.15, 0.2) is 11.0 Å². The summed E-state index contributed by atoms with van der Waals surface area (Å²) in [6, 6.07) is -0.236. The molecular weight excluding hydrogens is 286 g/mol. The van der Waals surface area contributed by atoms with Crippen molar-refractivity contribution in [3.8, 4) is 6.01 Å². The average molecular weight is 301 g/mol. The van der Waals surface area contributed by atoms with Crippen molar-refractivity contribution in [3.05, 3.63) is 22.1 Å². The second-order valence-corrected chi connectivity index (χ2v) is 4.45. The standard InChI is InChI=1S/C11H15N3O7/c1-20-11-13-9(19)4(8(12)18)2-14(11)10-7(17)6(16)5(3-15)21-10/h2,5-7,10,15-17H,3H2,1H3,(H2,12,18)/t5-,6-,7-,10-/m0/s1. The summed E-state index contributed by atoms with van der Waals surface area (Å²) in [6.07, 6.45) is -3.96. The third-order valence-electron chi connectivity index (χ3n) is 3.16. The Hall–Kier alpha value is -2.01. The monoisotopic (exact) mass is 301 g/mol. The van der Waals surface area contributed by atoms with Gasteiger partial charge in [0.05, 0.1) is 13.7 Å². The number of methoxy groups -OCH3 is 1. The lowest BCUT2D eigenvalue weighted by Crippen LogP contribution is -2.34. The molecule has 0 radical (unpaired) electrons. The zero-order chi connectivity index (χ0) is 15.7. The first-order valence-corrected chi connectivity index (χ1v) is 6.00. The highest BCUT2D eigenvalue weighted by molar-refractivity contribution is 5.92. The number of aromatic nitrogens is 2. The Morgan fingerprint density at radius 2 is 2.19 bits per heavy atom. The number of aliphatic hydroxyl groups excluding tert-OH is 3. The molecule has 116 valence electrons. The topological polar surface area (TPSA) is 157 Å². The first kappa shape index (κ1) is 15.4. The van der Waals surface area contributed by atoms with Crippen LogP contribution in [0.5, 0.6) is 6.01 Å². The number of ether oxygens (including phenoxy) is 2. The van der Waals surface area contributed by atoms with Crippen LogP contribution in [-0.4, -0.2) is 62.8 Å². The maximum atomic E-state index is 11.6. The number of hydrogen-bond donors (Lipinski definition) is 4. The molecule has 1 fully saturated rings. The first-order chi connectivity index (χ1) is 9.90. The molecule has 0 aliphatic carbocycles. The Bertz CT molecular complexity index is 602. The van der Waals surface area contributed by atoms with Crippen molar-refractivity contribution < 1.29 is 29.6 Å². The van der Waals surface area contributed by atoms with Crippen LogP contribution in [0.2, 0.25) is 0 Å². The molecule has 5 N–H and O–H groups in total. The lowest BCUT2D eigenvalue weighted by atomic mass is 10.1. The van der Waals surface area contributed by atoms with Crippen LogP contribution in [0, 0.1) is 0 Å². The van der Waals surface area contributed by atoms with Crippen LogP contribution in [0.1, 0.15) is 16.6 Å². The number of carbonyl (C=O) groups is 1. The lowest BCUT2D eigenvalue weighted by Gasteiger charge is -2.20. The van der Waals surface area contributed by atoms with Crippen molar-refractivity contribution in [1.82, 2.24) is 9.55 Å². The van der Waals surface area contributed by atoms with Crippen molar-refractivity contribution in [1.29, 1.82) is 0 Å². The minimum atomic E-state index is -1.42. The van der Waals surface area contributed by atoms with E-state index in [1.54, 1.807) is 0 Å². The Morgan fingerprint density at radius 1 is 1.52 bits per heavy atom. The maximum absolute atomic E-state index is 11.6. The fraction of sp³-hybridized carbons (Fsp3) is 0.545. The minimum absolute atomic E-state index is 0.236. The third-order valence-corrected chi connectivity index (χ3v) is 3.16. The molecule has 1 aromatic heterocycles. The minimum Gasteiger partial charge on any atom is -0.468 e. The molecule has 0 spiro atoms. The van der Waals surface area contributed by atoms with Gasteiger partial charge >= 0.3 is 6.01 Å². The molecule has 0 unspecified atom stereocenters. The Kier molecular flexibility index (Phi) is 4.23. The molecule has 1 aliphatic rings. The summed E-state index contributed by atoms with van der Waals surface area (Å²) in [4.78, 5) is 26.3. The van der Waals surface area contributed by atoms with Crippen LogP contribution < -0.4 is 16.0 Å². The molecule has 0 saturated carbocycles. The predicted octanol–water partition coefficient (Wildman–Crippen LogP) is -3.04. The van der Waals surface area contributed by atoms with Gasteiger partial charge in [0.1, 0.15) is 23.9 Å². The van der Waals surface area contributed by atoms with E-state index in [2.05, 4.69) is 4.98 Å². The van der Waals surface area contributed by atoms with Gasteiger partial charge in [-0.3, -0.25) is 14.2 Å². The number of nitrogens with two attached hydrogens (primary N) is 1. The van der Waals surface area contributed by atoms with E-state index in [1.807, 2.05) is 0 Å². The highest BCUT2D eigenvalue weighted by Gasteiger charge is 2.44. The molecule has 4 atom stereocenters. The third kappa shape index (κ3) is 2.61. The molecule has 1 aromatic rings. The summed E-state index contributed by atoms with van der Waals surface area (Å²) in [7, 11) is 1.23. The summed E-state index contributed by atoms with van der Waals surface area (Å²) >= 11 is 0. The van der Waals surface area contributed by atoms with E-state index < -0.39 is 48.2 Å². The Labute approximate surface area is 118 Å². The Morgan fingerprint density at radius 3 is 2.67 bits per heavy atom. The number of hydrogen-bond acceptors (Lipinski definition) is 8. The predicted molar refractivity (Wildman–Crippen MR) is 66.6 cm³/mol. The summed E-state index contributed by atoms with van der Waals surface area (Å²) in [6.45, 7) is -0.520. The van der Waals surface area contributed by atoms with Gasteiger partial charge in [0.2, 0.25) is 0 Å². The van der Waals surface area contributed by atoms with Gasteiger partial charge in [0.25, 0.3) is 11.5 Å². The smallest absolute Gasteiger partial charge is 0.301 e. The van der Waals surface area contributed by atoms with Gasteiger partial charge in [-0.1, -0.05) is 0 Å². The average Bonchev–Trinajstić information content (AvgIpc) is 2.74. The quantitative estimate of drug-likeness (QED) is 0.457. The fourth-order valence-electron chi connectivity index (χ4n) is 2.07. The van der Waals surface area contributed by atoms with E-state index in [4.69, 9.17) is 20.3 Å². The molecule has 0 bridgehead atoms. The van der Waals surface area contributed by atoms with E-state index in [1.165, 1.54) is 7.11 Å². The van der Waals surface area contributed by atoms with E-state index in [9.17, 15) is 19.8 Å². The second kappa shape index (κ2) is 5.77. The zero-order valence-corrected chi connectivity index (χ0v) is 11.0. The molecule has 1 saturated heterocycles. The summed E-state index contributed by atoms with van der Waals surface area (Å²) in [5.74, 6) is -1.00. The van der Waals surface area contributed by atoms with Crippen molar-refractivity contribution in [2.75, 3.05) is 13.7 Å². The number of carbonyl (C=O) groups excluding carboxylic acids is 1. The van der Waals surface area contributed by atoms with Gasteiger partial charge in [-0.15, -0.1) is 0 Å². The summed E-state index contributed by atoms with van der Waals surface area (Å²) < 4.78 is 11.2. The van der Waals surface area contributed by atoms with Crippen LogP contribution >= 0.6 is 0 Å². The van der Waals surface area contributed by atoms with Crippen LogP contribution in [-0.2, 0) is 4.74 Å². The van der Waals surface area contributed by atoms with Gasteiger partial charge in [0.15, 0.2) is 6.23 Å². The molecule has 1 amide bonds. The lowest BCUT2D eigenvalue weighted by molar-refractivity contribution is -0.0565. The molecule has 10 nitrogen and oxygen atoms in total. The molecule has 0 aromatic carbocycles. The van der Waals surface area contributed by atoms with Gasteiger partial charge in [-0.2, -0.15) is 4.98 Å². The van der Waals surface area contributed by atoms with Gasteiger partial charge in [0, 0.05) is 6.20 Å². The van der Waals surface area contributed by atoms with E-state index in [0.29, 0.717) is 0 Å². The van der Waals surface area contributed by atoms with E-state index >= 15 is 0 Å². The first-order valence-electron chi connectivity index (χ1n) is 6.00. The number of primary amides is 1. The van der Waals surface area contributed by atoms with Crippen molar-refractivity contribution in [3.63, 3.8) is 0 Å². The number of rotatable bonds is 4. The number of aliphatic hydroxyl groups is 3. The molecule has 10 heteroatoms. The van der Waals surface area contributed by atoms with Crippen LogP contribution in [0.4, 0.5) is 0 Å². The molecular formula is C11H15N3O7. The highest BCUT2D eigenvalue weighted by Crippen LogP contribution is 2.31. The highest BCUT2D eigenvalue weighted by atomic mass is 16.6. The largest absolute Gasteiger partial charge is 0.468 e. The van der Waals surface area contributed by atoms with Gasteiger partial charge in [-0.25, -0.2) is 0 Å². The van der Waals surface area contributed by atoms with Crippen molar-refractivity contribution >= 4 is 5.91 Å². The number of amides is 1. The van der Waals surface area contributed by atoms with Gasteiger partial charge < -0.3 is 30.5 Å². The van der Waals surface area contributed by atoms with Gasteiger partial charge in [-0.05, 0) is 0 Å². The maximum Gasteiger partial charge on any atom is 0.301 e.